The minimum atomic E-state index is -0.956. The number of aromatic carboxylic acids is 1. The first-order valence-electron chi connectivity index (χ1n) is 7.42. The fourth-order valence-electron chi connectivity index (χ4n) is 2.37. The first-order valence-corrected chi connectivity index (χ1v) is 7.42. The van der Waals surface area contributed by atoms with Crippen LogP contribution in [0, 0.1) is 0 Å². The van der Waals surface area contributed by atoms with Crippen LogP contribution in [0.5, 0.6) is 0 Å². The van der Waals surface area contributed by atoms with Crippen molar-refractivity contribution in [3.8, 4) is 0 Å². The van der Waals surface area contributed by atoms with Crippen molar-refractivity contribution >= 4 is 12.0 Å². The topological polar surface area (TPSA) is 78.9 Å². The number of morpholine rings is 1. The van der Waals surface area contributed by atoms with Crippen LogP contribution in [0.2, 0.25) is 0 Å². The standard InChI is InChI=1S/C16H22N2O4/c1-3-16(2)11-18(8-9-22-16)15(21)17-10-12-4-6-13(7-5-12)14(19)20/h4-7H,3,8-11H2,1-2H3,(H,17,21)(H,19,20). The van der Waals surface area contributed by atoms with E-state index in [1.165, 1.54) is 12.1 Å². The highest BCUT2D eigenvalue weighted by Gasteiger charge is 2.32. The largest absolute Gasteiger partial charge is 0.478 e. The molecular weight excluding hydrogens is 284 g/mol. The predicted molar refractivity (Wildman–Crippen MR) is 81.9 cm³/mol. The molecule has 0 radical (unpaired) electrons. The van der Waals surface area contributed by atoms with Gasteiger partial charge in [-0.1, -0.05) is 19.1 Å². The SMILES string of the molecule is CCC1(C)CN(C(=O)NCc2ccc(C(=O)O)cc2)CCO1. The van der Waals surface area contributed by atoms with Crippen LogP contribution in [-0.4, -0.2) is 47.3 Å². The maximum atomic E-state index is 12.2. The van der Waals surface area contributed by atoms with Gasteiger partial charge >= 0.3 is 12.0 Å². The summed E-state index contributed by atoms with van der Waals surface area (Å²) in [5.74, 6) is -0.956. The van der Waals surface area contributed by atoms with E-state index >= 15 is 0 Å². The van der Waals surface area contributed by atoms with Gasteiger partial charge in [0, 0.05) is 13.1 Å². The van der Waals surface area contributed by atoms with Gasteiger partial charge in [0.1, 0.15) is 0 Å². The van der Waals surface area contributed by atoms with Crippen LogP contribution in [-0.2, 0) is 11.3 Å². The summed E-state index contributed by atoms with van der Waals surface area (Å²) in [6.07, 6.45) is 0.855. The third kappa shape index (κ3) is 3.98. The summed E-state index contributed by atoms with van der Waals surface area (Å²) in [5, 5.41) is 11.7. The number of hydrogen-bond acceptors (Lipinski definition) is 3. The van der Waals surface area contributed by atoms with Crippen LogP contribution < -0.4 is 5.32 Å². The van der Waals surface area contributed by atoms with Crippen molar-refractivity contribution in [2.75, 3.05) is 19.7 Å². The lowest BCUT2D eigenvalue weighted by atomic mass is 10.0. The normalized spacial score (nSPS) is 21.5. The lowest BCUT2D eigenvalue weighted by Crippen LogP contribution is -2.54. The summed E-state index contributed by atoms with van der Waals surface area (Å²) in [4.78, 5) is 24.8. The van der Waals surface area contributed by atoms with E-state index in [0.717, 1.165) is 12.0 Å². The number of urea groups is 1. The first-order chi connectivity index (χ1) is 10.4. The zero-order valence-electron chi connectivity index (χ0n) is 13.0. The number of benzene rings is 1. The van der Waals surface area contributed by atoms with Gasteiger partial charge in [0.25, 0.3) is 0 Å². The first kappa shape index (κ1) is 16.3. The molecule has 2 amide bonds. The summed E-state index contributed by atoms with van der Waals surface area (Å²) in [6.45, 7) is 6.14. The smallest absolute Gasteiger partial charge is 0.335 e. The fourth-order valence-corrected chi connectivity index (χ4v) is 2.37. The second kappa shape index (κ2) is 6.79. The Morgan fingerprint density at radius 3 is 2.64 bits per heavy atom. The van der Waals surface area contributed by atoms with Crippen molar-refractivity contribution in [2.45, 2.75) is 32.4 Å². The van der Waals surface area contributed by atoms with Crippen molar-refractivity contribution < 1.29 is 19.4 Å². The minimum absolute atomic E-state index is 0.120. The Bertz CT molecular complexity index is 544. The average molecular weight is 306 g/mol. The molecule has 1 aromatic rings. The van der Waals surface area contributed by atoms with Gasteiger partial charge in [0.2, 0.25) is 0 Å². The summed E-state index contributed by atoms with van der Waals surface area (Å²) in [6, 6.07) is 6.36. The molecule has 120 valence electrons. The van der Waals surface area contributed by atoms with E-state index in [4.69, 9.17) is 9.84 Å². The molecule has 1 saturated heterocycles. The Balaban J connectivity index is 1.88. The van der Waals surface area contributed by atoms with E-state index in [1.807, 2.05) is 13.8 Å². The Morgan fingerprint density at radius 2 is 2.05 bits per heavy atom. The zero-order chi connectivity index (χ0) is 16.2. The van der Waals surface area contributed by atoms with Gasteiger partial charge in [0.05, 0.1) is 24.3 Å². The van der Waals surface area contributed by atoms with Crippen LogP contribution >= 0.6 is 0 Å². The number of nitrogens with one attached hydrogen (secondary N) is 1. The number of rotatable bonds is 4. The van der Waals surface area contributed by atoms with Gasteiger partial charge in [0.15, 0.2) is 0 Å². The molecule has 1 fully saturated rings. The van der Waals surface area contributed by atoms with Gasteiger partial charge in [-0.05, 0) is 31.0 Å². The quantitative estimate of drug-likeness (QED) is 0.893. The van der Waals surface area contributed by atoms with E-state index in [-0.39, 0.29) is 17.2 Å². The lowest BCUT2D eigenvalue weighted by Gasteiger charge is -2.39. The molecule has 1 aliphatic heterocycles. The van der Waals surface area contributed by atoms with E-state index < -0.39 is 5.97 Å². The summed E-state index contributed by atoms with van der Waals surface area (Å²) in [7, 11) is 0. The van der Waals surface area contributed by atoms with Crippen molar-refractivity contribution in [2.24, 2.45) is 0 Å². The van der Waals surface area contributed by atoms with Gasteiger partial charge in [-0.15, -0.1) is 0 Å². The van der Waals surface area contributed by atoms with Crippen LogP contribution in [0.4, 0.5) is 4.79 Å². The zero-order valence-corrected chi connectivity index (χ0v) is 13.0. The summed E-state index contributed by atoms with van der Waals surface area (Å²) in [5.41, 5.74) is 0.825. The second-order valence-corrected chi connectivity index (χ2v) is 5.73. The Hall–Kier alpha value is -2.08. The van der Waals surface area contributed by atoms with Crippen molar-refractivity contribution in [3.63, 3.8) is 0 Å². The molecule has 1 aromatic carbocycles. The molecule has 2 N–H and O–H groups in total. The van der Waals surface area contributed by atoms with E-state index in [2.05, 4.69) is 5.32 Å². The molecule has 0 aromatic heterocycles. The van der Waals surface area contributed by atoms with Crippen molar-refractivity contribution in [3.05, 3.63) is 35.4 Å². The van der Waals surface area contributed by atoms with Crippen LogP contribution in [0.3, 0.4) is 0 Å². The maximum Gasteiger partial charge on any atom is 0.335 e. The molecule has 0 saturated carbocycles. The molecule has 1 heterocycles. The molecule has 0 bridgehead atoms. The van der Waals surface area contributed by atoms with Crippen LogP contribution in [0.15, 0.2) is 24.3 Å². The summed E-state index contributed by atoms with van der Waals surface area (Å²) >= 11 is 0. The third-order valence-electron chi connectivity index (χ3n) is 4.02. The Kier molecular flexibility index (Phi) is 5.03. The Labute approximate surface area is 130 Å². The van der Waals surface area contributed by atoms with E-state index in [0.29, 0.717) is 26.2 Å². The van der Waals surface area contributed by atoms with Gasteiger partial charge < -0.3 is 20.1 Å². The number of carbonyl (C=O) groups is 2. The molecule has 1 atom stereocenters. The highest BCUT2D eigenvalue weighted by molar-refractivity contribution is 5.87. The fraction of sp³-hybridized carbons (Fsp3) is 0.500. The van der Waals surface area contributed by atoms with Crippen molar-refractivity contribution in [1.29, 1.82) is 0 Å². The number of carboxylic acid groups (broad SMARTS) is 1. The number of hydrogen-bond donors (Lipinski definition) is 2. The monoisotopic (exact) mass is 306 g/mol. The highest BCUT2D eigenvalue weighted by Crippen LogP contribution is 2.20. The number of carbonyl (C=O) groups excluding carboxylic acids is 1. The number of ether oxygens (including phenoxy) is 1. The van der Waals surface area contributed by atoms with Gasteiger partial charge in [-0.2, -0.15) is 0 Å². The molecule has 2 rings (SSSR count). The Morgan fingerprint density at radius 1 is 1.36 bits per heavy atom. The van der Waals surface area contributed by atoms with Crippen LogP contribution in [0.25, 0.3) is 0 Å². The molecular formula is C16H22N2O4. The van der Waals surface area contributed by atoms with Crippen molar-refractivity contribution in [1.82, 2.24) is 10.2 Å². The van der Waals surface area contributed by atoms with E-state index in [1.54, 1.807) is 17.0 Å². The molecule has 1 unspecified atom stereocenters. The highest BCUT2D eigenvalue weighted by atomic mass is 16.5. The molecule has 0 aliphatic carbocycles. The molecule has 6 nitrogen and oxygen atoms in total. The molecule has 0 spiro atoms. The molecule has 6 heteroatoms. The average Bonchev–Trinajstić information content (AvgIpc) is 2.53. The maximum absolute atomic E-state index is 12.2. The molecule has 1 aliphatic rings. The summed E-state index contributed by atoms with van der Waals surface area (Å²) < 4.78 is 5.72. The lowest BCUT2D eigenvalue weighted by molar-refractivity contribution is -0.0872. The number of amides is 2. The number of nitrogens with zero attached hydrogens (tertiary/aromatic N) is 1. The molecule has 22 heavy (non-hydrogen) atoms. The predicted octanol–water partition coefficient (Wildman–Crippen LogP) is 2.10. The third-order valence-corrected chi connectivity index (χ3v) is 4.02. The van der Waals surface area contributed by atoms with E-state index in [9.17, 15) is 9.59 Å². The van der Waals surface area contributed by atoms with Crippen LogP contribution in [0.1, 0.15) is 36.2 Å². The van der Waals surface area contributed by atoms with Gasteiger partial charge in [-0.25, -0.2) is 9.59 Å². The number of carboxylic acids is 1. The minimum Gasteiger partial charge on any atom is -0.478 e. The van der Waals surface area contributed by atoms with Gasteiger partial charge in [-0.3, -0.25) is 0 Å². The second-order valence-electron chi connectivity index (χ2n) is 5.73.